The van der Waals surface area contributed by atoms with Gasteiger partial charge < -0.3 is 14.2 Å². The number of fused-ring (bicyclic) bond motifs is 1. The lowest BCUT2D eigenvalue weighted by molar-refractivity contribution is -0.169. The molecule has 6 unspecified atom stereocenters. The maximum absolute atomic E-state index is 13.8. The molecule has 5 aliphatic rings. The lowest BCUT2D eigenvalue weighted by Crippen LogP contribution is -2.50. The van der Waals surface area contributed by atoms with Gasteiger partial charge in [0.2, 0.25) is 0 Å². The number of piperidine rings is 1. The summed E-state index contributed by atoms with van der Waals surface area (Å²) in [6.45, 7) is 0.264. The zero-order chi connectivity index (χ0) is 18.9. The number of esters is 1. The van der Waals surface area contributed by atoms with Gasteiger partial charge in [-0.15, -0.1) is 0 Å². The van der Waals surface area contributed by atoms with E-state index in [2.05, 4.69) is 11.9 Å². The molecule has 4 saturated heterocycles. The highest BCUT2D eigenvalue weighted by Gasteiger charge is 2.61. The molecule has 5 heteroatoms. The van der Waals surface area contributed by atoms with Crippen molar-refractivity contribution in [2.45, 2.75) is 48.7 Å². The fourth-order valence-corrected chi connectivity index (χ4v) is 5.71. The summed E-state index contributed by atoms with van der Waals surface area (Å²) in [6.07, 6.45) is 2.08. The zero-order valence-corrected chi connectivity index (χ0v) is 15.8. The summed E-state index contributed by atoms with van der Waals surface area (Å²) < 4.78 is 18.4. The second-order valence-electron chi connectivity index (χ2n) is 8.42. The van der Waals surface area contributed by atoms with Crippen LogP contribution in [0.25, 0.3) is 0 Å². The van der Waals surface area contributed by atoms with E-state index in [1.165, 1.54) is 0 Å². The fourth-order valence-electron chi connectivity index (χ4n) is 5.71. The van der Waals surface area contributed by atoms with Crippen molar-refractivity contribution in [3.8, 4) is 5.75 Å². The van der Waals surface area contributed by atoms with Crippen LogP contribution in [0.2, 0.25) is 0 Å². The SMILES string of the molecule is CN1C2CC3CC1C(O3)C2OC(=O)C1(c2ccccc2)COc2ccccc21. The first-order valence-electron chi connectivity index (χ1n) is 10.0. The van der Waals surface area contributed by atoms with Crippen molar-refractivity contribution in [2.75, 3.05) is 13.7 Å². The molecule has 0 saturated carbocycles. The molecule has 0 aliphatic carbocycles. The number of carbonyl (C=O) groups is 1. The number of para-hydroxylation sites is 1. The monoisotopic (exact) mass is 377 g/mol. The Morgan fingerprint density at radius 2 is 1.82 bits per heavy atom. The van der Waals surface area contributed by atoms with Crippen molar-refractivity contribution in [3.63, 3.8) is 0 Å². The first kappa shape index (κ1) is 16.6. The highest BCUT2D eigenvalue weighted by molar-refractivity contribution is 5.90. The van der Waals surface area contributed by atoms with Crippen molar-refractivity contribution >= 4 is 5.97 Å². The van der Waals surface area contributed by atoms with Crippen molar-refractivity contribution in [2.24, 2.45) is 0 Å². The minimum absolute atomic E-state index is 0.0110. The van der Waals surface area contributed by atoms with E-state index in [1.54, 1.807) is 0 Å². The van der Waals surface area contributed by atoms with Crippen LogP contribution in [0.5, 0.6) is 5.75 Å². The highest BCUT2D eigenvalue weighted by atomic mass is 16.6. The molecule has 0 aromatic heterocycles. The molecule has 144 valence electrons. The third-order valence-electron chi connectivity index (χ3n) is 7.14. The highest BCUT2D eigenvalue weighted by Crippen LogP contribution is 2.49. The van der Waals surface area contributed by atoms with Gasteiger partial charge in [0, 0.05) is 11.6 Å². The summed E-state index contributed by atoms with van der Waals surface area (Å²) in [5.41, 5.74) is 0.857. The number of hydrogen-bond donors (Lipinski definition) is 0. The van der Waals surface area contributed by atoms with Crippen molar-refractivity contribution < 1.29 is 19.0 Å². The Bertz CT molecular complexity index is 929. The van der Waals surface area contributed by atoms with Crippen LogP contribution in [0, 0.1) is 0 Å². The zero-order valence-electron chi connectivity index (χ0n) is 15.8. The maximum atomic E-state index is 13.8. The van der Waals surface area contributed by atoms with Crippen molar-refractivity contribution in [3.05, 3.63) is 65.7 Å². The molecule has 0 amide bonds. The first-order valence-corrected chi connectivity index (χ1v) is 10.0. The second kappa shape index (κ2) is 5.82. The van der Waals surface area contributed by atoms with Crippen LogP contribution in [0.15, 0.2) is 54.6 Å². The van der Waals surface area contributed by atoms with Gasteiger partial charge in [-0.05, 0) is 31.5 Å². The topological polar surface area (TPSA) is 48.0 Å². The number of rotatable bonds is 3. The third kappa shape index (κ3) is 2.06. The summed E-state index contributed by atoms with van der Waals surface area (Å²) in [5, 5.41) is 0. The van der Waals surface area contributed by atoms with Gasteiger partial charge in [-0.3, -0.25) is 9.69 Å². The molecule has 0 N–H and O–H groups in total. The van der Waals surface area contributed by atoms with E-state index >= 15 is 0 Å². The molecule has 28 heavy (non-hydrogen) atoms. The Morgan fingerprint density at radius 3 is 2.64 bits per heavy atom. The van der Waals surface area contributed by atoms with E-state index in [0.717, 1.165) is 29.7 Å². The predicted molar refractivity (Wildman–Crippen MR) is 102 cm³/mol. The number of ether oxygens (including phenoxy) is 3. The van der Waals surface area contributed by atoms with Gasteiger partial charge in [0.1, 0.15) is 24.6 Å². The number of nitrogens with zero attached hydrogens (tertiary/aromatic N) is 1. The van der Waals surface area contributed by atoms with Crippen LogP contribution in [0.4, 0.5) is 0 Å². The Labute approximate surface area is 164 Å². The molecule has 7 rings (SSSR count). The number of benzene rings is 2. The van der Waals surface area contributed by atoms with Crippen LogP contribution in [0.1, 0.15) is 24.0 Å². The van der Waals surface area contributed by atoms with Gasteiger partial charge in [0.15, 0.2) is 5.41 Å². The van der Waals surface area contributed by atoms with Gasteiger partial charge in [0.25, 0.3) is 0 Å². The van der Waals surface area contributed by atoms with Crippen LogP contribution in [0.3, 0.4) is 0 Å². The number of likely N-dealkylation sites (N-methyl/N-ethyl adjacent to an activating group) is 1. The molecule has 5 nitrogen and oxygen atoms in total. The minimum Gasteiger partial charge on any atom is -0.491 e. The standard InChI is InChI=1S/C23H23NO4/c1-24-17-11-15-12-18(24)21(20(17)27-15)28-22(25)23(14-7-3-2-4-8-14)13-26-19-10-6-5-9-16(19)23/h2-10,15,17-18,20-21H,11-13H2,1H3. The number of hydrogen-bond acceptors (Lipinski definition) is 5. The molecule has 0 spiro atoms. The molecular weight excluding hydrogens is 354 g/mol. The average Bonchev–Trinajstić information content (AvgIpc) is 3.33. The van der Waals surface area contributed by atoms with Gasteiger partial charge in [-0.25, -0.2) is 0 Å². The molecular formula is C23H23NO4. The van der Waals surface area contributed by atoms with E-state index in [9.17, 15) is 4.79 Å². The molecule has 0 radical (unpaired) electrons. The van der Waals surface area contributed by atoms with Gasteiger partial charge in [-0.1, -0.05) is 48.5 Å². The summed E-state index contributed by atoms with van der Waals surface area (Å²) in [4.78, 5) is 16.1. The molecule has 4 fully saturated rings. The lowest BCUT2D eigenvalue weighted by Gasteiger charge is -2.37. The Morgan fingerprint density at radius 1 is 1.07 bits per heavy atom. The minimum atomic E-state index is -0.934. The lowest BCUT2D eigenvalue weighted by atomic mass is 9.76. The fraction of sp³-hybridized carbons (Fsp3) is 0.435. The van der Waals surface area contributed by atoms with Crippen molar-refractivity contribution in [1.82, 2.24) is 4.90 Å². The van der Waals surface area contributed by atoms with Crippen molar-refractivity contribution in [1.29, 1.82) is 0 Å². The second-order valence-corrected chi connectivity index (χ2v) is 8.42. The van der Waals surface area contributed by atoms with Crippen LogP contribution in [-0.2, 0) is 19.7 Å². The van der Waals surface area contributed by atoms with Crippen LogP contribution in [-0.4, -0.2) is 54.9 Å². The smallest absolute Gasteiger partial charge is 0.325 e. The summed E-state index contributed by atoms with van der Waals surface area (Å²) in [7, 11) is 2.13. The maximum Gasteiger partial charge on any atom is 0.325 e. The molecule has 5 aliphatic heterocycles. The average molecular weight is 377 g/mol. The van der Waals surface area contributed by atoms with E-state index in [4.69, 9.17) is 14.2 Å². The first-order chi connectivity index (χ1) is 13.7. The van der Waals surface area contributed by atoms with E-state index < -0.39 is 5.41 Å². The summed E-state index contributed by atoms with van der Waals surface area (Å²) in [6, 6.07) is 18.2. The normalized spacial score (nSPS) is 37.7. The van der Waals surface area contributed by atoms with Crippen LogP contribution >= 0.6 is 0 Å². The van der Waals surface area contributed by atoms with E-state index in [1.807, 2.05) is 54.6 Å². The number of carbonyl (C=O) groups excluding carboxylic acids is 1. The Hall–Kier alpha value is -2.37. The van der Waals surface area contributed by atoms with E-state index in [-0.39, 0.29) is 30.8 Å². The molecule has 2 aromatic rings. The largest absolute Gasteiger partial charge is 0.491 e. The quantitative estimate of drug-likeness (QED) is 0.770. The molecule has 2 aromatic carbocycles. The van der Waals surface area contributed by atoms with Crippen LogP contribution < -0.4 is 4.74 Å². The van der Waals surface area contributed by atoms with Gasteiger partial charge >= 0.3 is 5.97 Å². The predicted octanol–water partition coefficient (Wildman–Crippen LogP) is 2.52. The third-order valence-corrected chi connectivity index (χ3v) is 7.14. The molecule has 4 bridgehead atoms. The summed E-state index contributed by atoms with van der Waals surface area (Å²) in [5.74, 6) is 0.521. The molecule has 5 heterocycles. The Kier molecular flexibility index (Phi) is 3.44. The Balaban J connectivity index is 1.40. The molecule has 6 atom stereocenters. The van der Waals surface area contributed by atoms with E-state index in [0.29, 0.717) is 12.1 Å². The summed E-state index contributed by atoms with van der Waals surface area (Å²) >= 11 is 0. The van der Waals surface area contributed by atoms with Gasteiger partial charge in [-0.2, -0.15) is 0 Å². The van der Waals surface area contributed by atoms with Gasteiger partial charge in [0.05, 0.1) is 12.1 Å².